The Hall–Kier alpha value is -0.0400. The average molecular weight is 169 g/mol. The van der Waals surface area contributed by atoms with Gasteiger partial charge in [-0.1, -0.05) is 45.4 Å². The quantitative estimate of drug-likeness (QED) is 0.682. The number of nitrogens with one attached hydrogen (secondary N) is 1. The molecule has 0 aromatic rings. The highest BCUT2D eigenvalue weighted by atomic mass is 14.8. The maximum atomic E-state index is 3.32. The standard InChI is InChI=1S/C11H23N/c1-3-10(9-12-2)11-7-5-4-6-8-11/h10-12H,3-9H2,1-2H3. The third kappa shape index (κ3) is 2.78. The molecule has 1 N–H and O–H groups in total. The fraction of sp³-hybridized carbons (Fsp3) is 1.00. The maximum absolute atomic E-state index is 3.32. The molecule has 0 saturated heterocycles. The highest BCUT2D eigenvalue weighted by Crippen LogP contribution is 2.31. The summed E-state index contributed by atoms with van der Waals surface area (Å²) >= 11 is 0. The first-order valence-corrected chi connectivity index (χ1v) is 5.53. The summed E-state index contributed by atoms with van der Waals surface area (Å²) in [6, 6.07) is 0. The van der Waals surface area contributed by atoms with E-state index in [1.54, 1.807) is 0 Å². The fourth-order valence-corrected chi connectivity index (χ4v) is 2.51. The Kier molecular flexibility index (Phi) is 4.67. The van der Waals surface area contributed by atoms with Crippen LogP contribution in [0, 0.1) is 11.8 Å². The van der Waals surface area contributed by atoms with Gasteiger partial charge in [0.05, 0.1) is 0 Å². The minimum Gasteiger partial charge on any atom is -0.319 e. The van der Waals surface area contributed by atoms with E-state index in [1.807, 2.05) is 0 Å². The Morgan fingerprint density at radius 2 is 1.92 bits per heavy atom. The molecule has 1 rings (SSSR count). The van der Waals surface area contributed by atoms with Crippen molar-refractivity contribution in [3.05, 3.63) is 0 Å². The van der Waals surface area contributed by atoms with Gasteiger partial charge in [-0.3, -0.25) is 0 Å². The van der Waals surface area contributed by atoms with Crippen LogP contribution in [0.1, 0.15) is 45.4 Å². The van der Waals surface area contributed by atoms with Crippen LogP contribution in [-0.2, 0) is 0 Å². The summed E-state index contributed by atoms with van der Waals surface area (Å²) in [4.78, 5) is 0. The molecule has 1 aliphatic carbocycles. The van der Waals surface area contributed by atoms with Crippen LogP contribution < -0.4 is 5.32 Å². The van der Waals surface area contributed by atoms with Crippen molar-refractivity contribution in [3.8, 4) is 0 Å². The van der Waals surface area contributed by atoms with Gasteiger partial charge < -0.3 is 5.32 Å². The molecule has 0 aromatic heterocycles. The van der Waals surface area contributed by atoms with Gasteiger partial charge in [0, 0.05) is 0 Å². The third-order valence-electron chi connectivity index (χ3n) is 3.31. The predicted octanol–water partition coefficient (Wildman–Crippen LogP) is 2.81. The lowest BCUT2D eigenvalue weighted by molar-refractivity contribution is 0.238. The third-order valence-corrected chi connectivity index (χ3v) is 3.31. The molecule has 0 amide bonds. The average Bonchev–Trinajstić information content (AvgIpc) is 2.15. The van der Waals surface area contributed by atoms with Gasteiger partial charge in [-0.2, -0.15) is 0 Å². The van der Waals surface area contributed by atoms with Gasteiger partial charge in [-0.25, -0.2) is 0 Å². The summed E-state index contributed by atoms with van der Waals surface area (Å²) < 4.78 is 0. The van der Waals surface area contributed by atoms with Gasteiger partial charge in [0.1, 0.15) is 0 Å². The maximum Gasteiger partial charge on any atom is -0.00210 e. The molecular weight excluding hydrogens is 146 g/mol. The Balaban J connectivity index is 2.29. The van der Waals surface area contributed by atoms with E-state index >= 15 is 0 Å². The Morgan fingerprint density at radius 3 is 2.42 bits per heavy atom. The lowest BCUT2D eigenvalue weighted by atomic mass is 9.79. The topological polar surface area (TPSA) is 12.0 Å². The zero-order valence-corrected chi connectivity index (χ0v) is 8.60. The molecule has 0 spiro atoms. The number of hydrogen-bond donors (Lipinski definition) is 1. The fourth-order valence-electron chi connectivity index (χ4n) is 2.51. The molecule has 1 saturated carbocycles. The first kappa shape index (κ1) is 10.0. The van der Waals surface area contributed by atoms with E-state index in [2.05, 4.69) is 19.3 Å². The first-order chi connectivity index (χ1) is 5.88. The molecule has 0 bridgehead atoms. The zero-order valence-electron chi connectivity index (χ0n) is 8.60. The van der Waals surface area contributed by atoms with Crippen molar-refractivity contribution in [2.24, 2.45) is 11.8 Å². The molecule has 0 heterocycles. The molecule has 1 nitrogen and oxygen atoms in total. The van der Waals surface area contributed by atoms with E-state index in [0.717, 1.165) is 11.8 Å². The van der Waals surface area contributed by atoms with Gasteiger partial charge in [0.2, 0.25) is 0 Å². The van der Waals surface area contributed by atoms with Crippen molar-refractivity contribution in [2.45, 2.75) is 45.4 Å². The molecule has 0 radical (unpaired) electrons. The van der Waals surface area contributed by atoms with Crippen LogP contribution in [0.5, 0.6) is 0 Å². The van der Waals surface area contributed by atoms with Crippen LogP contribution in [0.25, 0.3) is 0 Å². The molecule has 1 fully saturated rings. The van der Waals surface area contributed by atoms with Gasteiger partial charge >= 0.3 is 0 Å². The SMILES string of the molecule is CCC(CNC)C1CCCCC1. The van der Waals surface area contributed by atoms with E-state index in [-0.39, 0.29) is 0 Å². The molecule has 0 aliphatic heterocycles. The summed E-state index contributed by atoms with van der Waals surface area (Å²) in [7, 11) is 2.07. The molecular formula is C11H23N. The van der Waals surface area contributed by atoms with Crippen molar-refractivity contribution < 1.29 is 0 Å². The molecule has 0 aromatic carbocycles. The number of rotatable bonds is 4. The number of hydrogen-bond acceptors (Lipinski definition) is 1. The molecule has 72 valence electrons. The lowest BCUT2D eigenvalue weighted by Gasteiger charge is -2.29. The zero-order chi connectivity index (χ0) is 8.81. The van der Waals surface area contributed by atoms with Crippen LogP contribution in [0.3, 0.4) is 0 Å². The highest BCUT2D eigenvalue weighted by Gasteiger charge is 2.21. The summed E-state index contributed by atoms with van der Waals surface area (Å²) in [5.41, 5.74) is 0. The second kappa shape index (κ2) is 5.58. The van der Waals surface area contributed by atoms with E-state index in [4.69, 9.17) is 0 Å². The van der Waals surface area contributed by atoms with E-state index in [1.165, 1.54) is 45.1 Å². The Labute approximate surface area is 76.9 Å². The molecule has 1 heteroatoms. The summed E-state index contributed by atoms with van der Waals surface area (Å²) in [6.45, 7) is 3.55. The monoisotopic (exact) mass is 169 g/mol. The van der Waals surface area contributed by atoms with Crippen LogP contribution in [0.2, 0.25) is 0 Å². The largest absolute Gasteiger partial charge is 0.319 e. The van der Waals surface area contributed by atoms with Crippen LogP contribution >= 0.6 is 0 Å². The van der Waals surface area contributed by atoms with Gasteiger partial charge in [-0.05, 0) is 25.4 Å². The summed E-state index contributed by atoms with van der Waals surface area (Å²) in [6.07, 6.45) is 8.76. The lowest BCUT2D eigenvalue weighted by Crippen LogP contribution is -2.26. The molecule has 1 atom stereocenters. The molecule has 1 unspecified atom stereocenters. The predicted molar refractivity (Wildman–Crippen MR) is 54.3 cm³/mol. The first-order valence-electron chi connectivity index (χ1n) is 5.53. The van der Waals surface area contributed by atoms with Crippen LogP contribution in [-0.4, -0.2) is 13.6 Å². The smallest absolute Gasteiger partial charge is 0.00210 e. The second-order valence-corrected chi connectivity index (χ2v) is 4.12. The molecule has 12 heavy (non-hydrogen) atoms. The minimum absolute atomic E-state index is 0.940. The van der Waals surface area contributed by atoms with Crippen molar-refractivity contribution in [3.63, 3.8) is 0 Å². The van der Waals surface area contributed by atoms with Gasteiger partial charge in [0.15, 0.2) is 0 Å². The normalized spacial score (nSPS) is 22.5. The molecule has 1 aliphatic rings. The van der Waals surface area contributed by atoms with E-state index in [9.17, 15) is 0 Å². The summed E-state index contributed by atoms with van der Waals surface area (Å²) in [5, 5.41) is 3.32. The van der Waals surface area contributed by atoms with E-state index < -0.39 is 0 Å². The van der Waals surface area contributed by atoms with Crippen molar-refractivity contribution >= 4 is 0 Å². The summed E-state index contributed by atoms with van der Waals surface area (Å²) in [5.74, 6) is 1.96. The van der Waals surface area contributed by atoms with Crippen molar-refractivity contribution in [2.75, 3.05) is 13.6 Å². The highest BCUT2D eigenvalue weighted by molar-refractivity contribution is 4.74. The van der Waals surface area contributed by atoms with Crippen molar-refractivity contribution in [1.29, 1.82) is 0 Å². The Morgan fingerprint density at radius 1 is 1.25 bits per heavy atom. The Bertz CT molecular complexity index is 103. The minimum atomic E-state index is 0.940. The van der Waals surface area contributed by atoms with E-state index in [0.29, 0.717) is 0 Å². The van der Waals surface area contributed by atoms with Gasteiger partial charge in [-0.15, -0.1) is 0 Å². The van der Waals surface area contributed by atoms with Crippen LogP contribution in [0.4, 0.5) is 0 Å². The van der Waals surface area contributed by atoms with Crippen molar-refractivity contribution in [1.82, 2.24) is 5.32 Å². The second-order valence-electron chi connectivity index (χ2n) is 4.12. The van der Waals surface area contributed by atoms with Crippen LogP contribution in [0.15, 0.2) is 0 Å². The van der Waals surface area contributed by atoms with Gasteiger partial charge in [0.25, 0.3) is 0 Å².